The third-order valence-corrected chi connectivity index (χ3v) is 4.68. The van der Waals surface area contributed by atoms with E-state index < -0.39 is 0 Å². The van der Waals surface area contributed by atoms with E-state index in [9.17, 15) is 4.39 Å². The number of rotatable bonds is 4. The van der Waals surface area contributed by atoms with E-state index in [0.29, 0.717) is 11.6 Å². The van der Waals surface area contributed by atoms with E-state index in [2.05, 4.69) is 31.4 Å². The van der Waals surface area contributed by atoms with Crippen LogP contribution < -0.4 is 5.32 Å². The van der Waals surface area contributed by atoms with Crippen molar-refractivity contribution in [3.05, 3.63) is 76.4 Å². The summed E-state index contributed by atoms with van der Waals surface area (Å²) in [6.45, 7) is 2.01. The third kappa shape index (κ3) is 3.30. The second kappa shape index (κ2) is 6.84. The maximum absolute atomic E-state index is 13.2. The summed E-state index contributed by atoms with van der Waals surface area (Å²) >= 11 is 3.49. The molecule has 0 radical (unpaired) electrons. The van der Waals surface area contributed by atoms with Crippen LogP contribution in [0.3, 0.4) is 0 Å². The largest absolute Gasteiger partial charge is 0.325 e. The molecule has 130 valence electrons. The van der Waals surface area contributed by atoms with Gasteiger partial charge in [0.15, 0.2) is 0 Å². The molecular formula is C19H15BrFN5. The molecule has 5 nitrogen and oxygen atoms in total. The minimum atomic E-state index is -0.258. The van der Waals surface area contributed by atoms with Gasteiger partial charge in [-0.2, -0.15) is 5.10 Å². The van der Waals surface area contributed by atoms with E-state index in [1.165, 1.54) is 12.1 Å². The highest BCUT2D eigenvalue weighted by Crippen LogP contribution is 2.29. The Bertz CT molecular complexity index is 1050. The van der Waals surface area contributed by atoms with Gasteiger partial charge in [-0.05, 0) is 35.9 Å². The van der Waals surface area contributed by atoms with Crippen molar-refractivity contribution in [2.75, 3.05) is 5.32 Å². The summed E-state index contributed by atoms with van der Waals surface area (Å²) in [4.78, 5) is 9.45. The molecule has 0 saturated heterocycles. The van der Waals surface area contributed by atoms with Gasteiger partial charge < -0.3 is 5.32 Å². The third-order valence-electron chi connectivity index (χ3n) is 4.19. The molecule has 0 aliphatic rings. The Morgan fingerprint density at radius 2 is 1.88 bits per heavy atom. The van der Waals surface area contributed by atoms with E-state index in [1.807, 2.05) is 31.2 Å². The number of hydrogen-bond donors (Lipinski definition) is 2. The average molecular weight is 412 g/mol. The quantitative estimate of drug-likeness (QED) is 0.487. The van der Waals surface area contributed by atoms with Gasteiger partial charge in [-0.1, -0.05) is 35.0 Å². The first-order chi connectivity index (χ1) is 12.6. The van der Waals surface area contributed by atoms with Gasteiger partial charge >= 0.3 is 0 Å². The number of aromatic nitrogens is 4. The number of benzene rings is 2. The maximum atomic E-state index is 13.2. The van der Waals surface area contributed by atoms with Crippen LogP contribution in [0.1, 0.15) is 24.2 Å². The molecule has 2 aromatic carbocycles. The molecule has 2 aromatic heterocycles. The molecule has 0 aliphatic heterocycles. The second-order valence-corrected chi connectivity index (χ2v) is 6.88. The molecular weight excluding hydrogens is 397 g/mol. The number of aromatic amines is 1. The highest BCUT2D eigenvalue weighted by molar-refractivity contribution is 9.10. The highest BCUT2D eigenvalue weighted by Gasteiger charge is 2.16. The summed E-state index contributed by atoms with van der Waals surface area (Å²) < 4.78 is 14.2. The molecule has 4 rings (SSSR count). The van der Waals surface area contributed by atoms with Gasteiger partial charge in [0.05, 0.1) is 11.7 Å². The van der Waals surface area contributed by atoms with E-state index in [4.69, 9.17) is 9.97 Å². The van der Waals surface area contributed by atoms with Gasteiger partial charge in [0, 0.05) is 21.8 Å². The fourth-order valence-electron chi connectivity index (χ4n) is 2.76. The number of H-pyrrole nitrogens is 1. The number of nitrogens with one attached hydrogen (secondary N) is 2. The van der Waals surface area contributed by atoms with Crippen LogP contribution in [0.25, 0.3) is 10.9 Å². The first kappa shape index (κ1) is 16.7. The van der Waals surface area contributed by atoms with Crippen LogP contribution in [0.4, 0.5) is 16.0 Å². The lowest BCUT2D eigenvalue weighted by atomic mass is 10.00. The Balaban J connectivity index is 1.82. The SMILES string of the molecule is C[C@H](c1ccc(F)cc1)c1nc(Nc2ccn[nH]2)c2ccc(Br)cc2n1. The summed E-state index contributed by atoms with van der Waals surface area (Å²) in [5.74, 6) is 1.75. The van der Waals surface area contributed by atoms with Crippen molar-refractivity contribution < 1.29 is 4.39 Å². The molecule has 0 amide bonds. The molecule has 1 atom stereocenters. The lowest BCUT2D eigenvalue weighted by Gasteiger charge is -2.15. The standard InChI is InChI=1S/C19H15BrFN5/c1-11(12-2-5-14(21)6-3-12)18-23-16-10-13(20)4-7-15(16)19(25-18)24-17-8-9-22-26-17/h2-11H,1H3,(H2,22,23,24,25,26)/t11-/m1/s1. The van der Waals surface area contributed by atoms with Crippen molar-refractivity contribution in [2.24, 2.45) is 0 Å². The molecule has 4 aromatic rings. The van der Waals surface area contributed by atoms with Gasteiger partial charge in [-0.15, -0.1) is 0 Å². The summed E-state index contributed by atoms with van der Waals surface area (Å²) in [5.41, 5.74) is 1.77. The maximum Gasteiger partial charge on any atom is 0.143 e. The van der Waals surface area contributed by atoms with Crippen molar-refractivity contribution in [2.45, 2.75) is 12.8 Å². The van der Waals surface area contributed by atoms with E-state index in [-0.39, 0.29) is 11.7 Å². The predicted octanol–water partition coefficient (Wildman–Crippen LogP) is 5.15. The van der Waals surface area contributed by atoms with Crippen LogP contribution in [-0.4, -0.2) is 20.2 Å². The van der Waals surface area contributed by atoms with Crippen LogP contribution >= 0.6 is 15.9 Å². The van der Waals surface area contributed by atoms with Crippen LogP contribution in [0.5, 0.6) is 0 Å². The molecule has 2 heterocycles. The number of hydrogen-bond acceptors (Lipinski definition) is 4. The molecule has 0 aliphatic carbocycles. The molecule has 0 fully saturated rings. The van der Waals surface area contributed by atoms with Gasteiger partial charge in [0.25, 0.3) is 0 Å². The normalized spacial score (nSPS) is 12.3. The van der Waals surface area contributed by atoms with Gasteiger partial charge in [-0.25, -0.2) is 14.4 Å². The minimum Gasteiger partial charge on any atom is -0.325 e. The summed E-state index contributed by atoms with van der Waals surface area (Å²) in [7, 11) is 0. The Morgan fingerprint density at radius 3 is 2.62 bits per heavy atom. The smallest absolute Gasteiger partial charge is 0.143 e. The van der Waals surface area contributed by atoms with Crippen molar-refractivity contribution in [3.63, 3.8) is 0 Å². The molecule has 0 bridgehead atoms. The lowest BCUT2D eigenvalue weighted by molar-refractivity contribution is 0.626. The molecule has 0 spiro atoms. The lowest BCUT2D eigenvalue weighted by Crippen LogP contribution is -2.06. The van der Waals surface area contributed by atoms with Gasteiger partial charge in [0.2, 0.25) is 0 Å². The fourth-order valence-corrected chi connectivity index (χ4v) is 3.11. The zero-order valence-corrected chi connectivity index (χ0v) is 15.5. The van der Waals surface area contributed by atoms with Gasteiger partial charge in [-0.3, -0.25) is 5.10 Å². The topological polar surface area (TPSA) is 66.5 Å². The fraction of sp³-hybridized carbons (Fsp3) is 0.105. The summed E-state index contributed by atoms with van der Waals surface area (Å²) in [5, 5.41) is 11.0. The summed E-state index contributed by atoms with van der Waals surface area (Å²) in [6, 6.07) is 14.1. The molecule has 0 saturated carbocycles. The number of fused-ring (bicyclic) bond motifs is 1. The highest BCUT2D eigenvalue weighted by atomic mass is 79.9. The Hall–Kier alpha value is -2.80. The Kier molecular flexibility index (Phi) is 4.38. The average Bonchev–Trinajstić information content (AvgIpc) is 3.14. The van der Waals surface area contributed by atoms with Crippen LogP contribution in [-0.2, 0) is 0 Å². The van der Waals surface area contributed by atoms with Crippen molar-refractivity contribution in [1.29, 1.82) is 0 Å². The molecule has 7 heteroatoms. The number of anilines is 2. The first-order valence-electron chi connectivity index (χ1n) is 8.09. The number of halogens is 2. The van der Waals surface area contributed by atoms with Crippen molar-refractivity contribution in [3.8, 4) is 0 Å². The van der Waals surface area contributed by atoms with Crippen LogP contribution in [0, 0.1) is 5.82 Å². The van der Waals surface area contributed by atoms with Gasteiger partial charge in [0.1, 0.15) is 23.3 Å². The zero-order chi connectivity index (χ0) is 18.1. The van der Waals surface area contributed by atoms with Crippen molar-refractivity contribution >= 4 is 38.5 Å². The minimum absolute atomic E-state index is 0.0821. The summed E-state index contributed by atoms with van der Waals surface area (Å²) in [6.07, 6.45) is 1.67. The molecule has 26 heavy (non-hydrogen) atoms. The monoisotopic (exact) mass is 411 g/mol. The zero-order valence-electron chi connectivity index (χ0n) is 13.9. The van der Waals surface area contributed by atoms with Crippen molar-refractivity contribution in [1.82, 2.24) is 20.2 Å². The molecule has 0 unspecified atom stereocenters. The van der Waals surface area contributed by atoms with Crippen LogP contribution in [0.2, 0.25) is 0 Å². The second-order valence-electron chi connectivity index (χ2n) is 5.96. The van der Waals surface area contributed by atoms with E-state index >= 15 is 0 Å². The van der Waals surface area contributed by atoms with E-state index in [1.54, 1.807) is 18.3 Å². The predicted molar refractivity (Wildman–Crippen MR) is 103 cm³/mol. The Labute approximate surface area is 157 Å². The van der Waals surface area contributed by atoms with Crippen LogP contribution in [0.15, 0.2) is 59.2 Å². The first-order valence-corrected chi connectivity index (χ1v) is 8.88. The Morgan fingerprint density at radius 1 is 1.08 bits per heavy atom. The molecule has 2 N–H and O–H groups in total. The van der Waals surface area contributed by atoms with E-state index in [0.717, 1.165) is 26.8 Å². The number of nitrogens with zero attached hydrogens (tertiary/aromatic N) is 3.